The van der Waals surface area contributed by atoms with E-state index in [4.69, 9.17) is 0 Å². The molecule has 2 rings (SSSR count). The molecule has 0 aromatic heterocycles. The summed E-state index contributed by atoms with van der Waals surface area (Å²) in [5, 5.41) is 0. The minimum Gasteiger partial charge on any atom is -1.00 e. The fourth-order valence-corrected chi connectivity index (χ4v) is 1.74. The van der Waals surface area contributed by atoms with Crippen LogP contribution in [0.1, 0.15) is 37.8 Å². The average Bonchev–Trinajstić information content (AvgIpc) is 2.92. The molecule has 0 aliphatic rings. The van der Waals surface area contributed by atoms with Crippen molar-refractivity contribution in [2.75, 3.05) is 0 Å². The maximum Gasteiger partial charge on any atom is 4.00 e. The number of aryl methyl sites for hydroxylation is 2. The first-order chi connectivity index (χ1) is 7.86. The molecule has 2 aromatic carbocycles. The molecule has 0 unspecified atom stereocenters. The molecule has 3 heteroatoms. The fraction of sp³-hybridized carbons (Fsp3) is 0.375. The van der Waals surface area contributed by atoms with Crippen LogP contribution in [0.15, 0.2) is 48.5 Å². The smallest absolute Gasteiger partial charge is 1.00 e. The molecule has 0 amide bonds. The topological polar surface area (TPSA) is 0 Å². The monoisotopic (exact) mass is 335 g/mol. The molecular weight excluding hydrogens is 314 g/mol. The molecule has 0 saturated heterocycles. The number of hydrogen-bond acceptors (Lipinski definition) is 0. The van der Waals surface area contributed by atoms with E-state index in [0.717, 1.165) is 0 Å². The Morgan fingerprint density at radius 3 is 1.11 bits per heavy atom. The zero-order valence-corrected chi connectivity index (χ0v) is 14.6. The molecule has 0 saturated carbocycles. The van der Waals surface area contributed by atoms with Crippen molar-refractivity contribution >= 4 is 0 Å². The van der Waals surface area contributed by atoms with Gasteiger partial charge in [0.05, 0.1) is 0 Å². The van der Waals surface area contributed by atoms with Gasteiger partial charge in [-0.15, -0.1) is 0 Å². The van der Waals surface area contributed by atoms with Crippen molar-refractivity contribution in [1.29, 1.82) is 0 Å². The van der Waals surface area contributed by atoms with E-state index < -0.39 is 0 Å². The molecule has 0 bridgehead atoms. The van der Waals surface area contributed by atoms with Crippen LogP contribution < -0.4 is 24.8 Å². The molecule has 0 aliphatic carbocycles. The van der Waals surface area contributed by atoms with Crippen LogP contribution in [0.5, 0.6) is 0 Å². The van der Waals surface area contributed by atoms with Gasteiger partial charge < -0.3 is 24.8 Å². The van der Waals surface area contributed by atoms with Crippen molar-refractivity contribution in [3.05, 3.63) is 59.7 Å². The molecule has 0 aliphatic heterocycles. The van der Waals surface area contributed by atoms with Crippen LogP contribution in [0.25, 0.3) is 0 Å². The summed E-state index contributed by atoms with van der Waals surface area (Å²) in [5.41, 5.74) is 2.93. The van der Waals surface area contributed by atoms with E-state index in [9.17, 15) is 0 Å². The molecule has 0 nitrogen and oxygen atoms in total. The molecule has 0 fully saturated rings. The average molecular weight is 336 g/mol. The van der Waals surface area contributed by atoms with Crippen molar-refractivity contribution < 1.29 is 43.4 Å². The summed E-state index contributed by atoms with van der Waals surface area (Å²) in [6.07, 6.45) is 4.97. The molecule has 19 heavy (non-hydrogen) atoms. The van der Waals surface area contributed by atoms with Crippen molar-refractivity contribution in [3.8, 4) is 0 Å². The normalized spacial score (nSPS) is 8.11. The van der Waals surface area contributed by atoms with Crippen molar-refractivity contribution in [2.24, 2.45) is 0 Å². The summed E-state index contributed by atoms with van der Waals surface area (Å²) in [6, 6.07) is 17.0. The molecule has 0 N–H and O–H groups in total. The second kappa shape index (κ2) is 15.9. The second-order valence-corrected chi connectivity index (χ2v) is 4.09. The minimum absolute atomic E-state index is 0. The Morgan fingerprint density at radius 2 is 0.895 bits per heavy atom. The van der Waals surface area contributed by atoms with Crippen LogP contribution in [-0.4, -0.2) is 0 Å². The summed E-state index contributed by atoms with van der Waals surface area (Å²) >= 11 is 0. The zero-order chi connectivity index (χ0) is 11.6. The zero-order valence-electron chi connectivity index (χ0n) is 11.7. The maximum atomic E-state index is 2.20. The van der Waals surface area contributed by atoms with Gasteiger partial charge in [-0.25, -0.2) is 24.3 Å². The van der Waals surface area contributed by atoms with Crippen molar-refractivity contribution in [2.45, 2.75) is 39.5 Å². The first kappa shape index (κ1) is 23.9. The number of halogens is 2. The van der Waals surface area contributed by atoms with E-state index >= 15 is 0 Å². The number of hydrogen-bond donors (Lipinski definition) is 0. The summed E-state index contributed by atoms with van der Waals surface area (Å²) in [5.74, 6) is 0. The van der Waals surface area contributed by atoms with Gasteiger partial charge in [0, 0.05) is 0 Å². The maximum absolute atomic E-state index is 2.20. The van der Waals surface area contributed by atoms with Crippen molar-refractivity contribution in [3.63, 3.8) is 0 Å². The Bertz CT molecular complexity index is 302. The van der Waals surface area contributed by atoms with Crippen LogP contribution in [0.4, 0.5) is 0 Å². The van der Waals surface area contributed by atoms with E-state index in [1.54, 1.807) is 0 Å². The van der Waals surface area contributed by atoms with E-state index in [-0.39, 0.29) is 43.4 Å². The third-order valence-corrected chi connectivity index (χ3v) is 2.54. The molecular formula is C16H22Cl2V. The number of rotatable bonds is 4. The van der Waals surface area contributed by atoms with Gasteiger partial charge in [-0.05, 0) is 0 Å². The van der Waals surface area contributed by atoms with Crippen LogP contribution in [0, 0.1) is 0 Å². The van der Waals surface area contributed by atoms with Crippen LogP contribution in [0.2, 0.25) is 0 Å². The van der Waals surface area contributed by atoms with Crippen molar-refractivity contribution in [1.82, 2.24) is 0 Å². The summed E-state index contributed by atoms with van der Waals surface area (Å²) in [7, 11) is 0. The predicted octanol–water partition coefficient (Wildman–Crippen LogP) is -1.28. The van der Waals surface area contributed by atoms with E-state index in [2.05, 4.69) is 62.4 Å². The Labute approximate surface area is 142 Å². The fourth-order valence-electron chi connectivity index (χ4n) is 1.74. The molecule has 105 valence electrons. The molecule has 0 atom stereocenters. The molecule has 1 radical (unpaired) electrons. The van der Waals surface area contributed by atoms with Gasteiger partial charge in [-0.3, -0.25) is 0 Å². The van der Waals surface area contributed by atoms with Crippen LogP contribution >= 0.6 is 0 Å². The third-order valence-electron chi connectivity index (χ3n) is 2.54. The van der Waals surface area contributed by atoms with E-state index in [1.165, 1.54) is 36.8 Å². The predicted molar refractivity (Wildman–Crippen MR) is 72.1 cm³/mol. The van der Waals surface area contributed by atoms with Gasteiger partial charge in [0.15, 0.2) is 0 Å². The molecule has 0 spiro atoms. The Kier molecular flexibility index (Phi) is 20.0. The quantitative estimate of drug-likeness (QED) is 0.611. The Balaban J connectivity index is -0.000000233. The first-order valence-electron chi connectivity index (χ1n) is 6.28. The Hall–Kier alpha value is -0.136. The third kappa shape index (κ3) is 11.4. The first-order valence-corrected chi connectivity index (χ1v) is 6.28. The largest absolute Gasteiger partial charge is 4.00 e. The van der Waals surface area contributed by atoms with Gasteiger partial charge in [-0.1, -0.05) is 39.5 Å². The second-order valence-electron chi connectivity index (χ2n) is 4.09. The van der Waals surface area contributed by atoms with Gasteiger partial charge in [0.2, 0.25) is 0 Å². The van der Waals surface area contributed by atoms with Crippen LogP contribution in [0.3, 0.4) is 0 Å². The summed E-state index contributed by atoms with van der Waals surface area (Å²) < 4.78 is 0. The van der Waals surface area contributed by atoms with Gasteiger partial charge >= 0.3 is 18.6 Å². The van der Waals surface area contributed by atoms with Gasteiger partial charge in [0.1, 0.15) is 0 Å². The summed E-state index contributed by atoms with van der Waals surface area (Å²) in [4.78, 5) is 0. The Morgan fingerprint density at radius 1 is 0.632 bits per heavy atom. The SMILES string of the molecule is CCC[c-]1cccc1.CCC[c-]1cccc1.[Cl-].[Cl-].[V+4]. The van der Waals surface area contributed by atoms with E-state index in [0.29, 0.717) is 0 Å². The minimum atomic E-state index is 0. The van der Waals surface area contributed by atoms with Crippen LogP contribution in [-0.2, 0) is 31.4 Å². The standard InChI is InChI=1S/2C8H11.2ClH.V/c2*1-2-5-8-6-3-4-7-8;;;/h2*3-4,6-7H,2,5H2,1H3;2*1H;/q2*-1;;;+4/p-2. The molecule has 0 heterocycles. The molecule has 2 aromatic rings. The van der Waals surface area contributed by atoms with Gasteiger partial charge in [0.25, 0.3) is 0 Å². The summed E-state index contributed by atoms with van der Waals surface area (Å²) in [6.45, 7) is 4.40. The van der Waals surface area contributed by atoms with E-state index in [1.807, 2.05) is 0 Å². The van der Waals surface area contributed by atoms with Gasteiger partial charge in [-0.2, -0.15) is 35.4 Å².